The first-order chi connectivity index (χ1) is 16.7. The zero-order chi connectivity index (χ0) is 23.3. The quantitative estimate of drug-likeness (QED) is 0.433. The van der Waals surface area contributed by atoms with Crippen LogP contribution in [0.2, 0.25) is 0 Å². The lowest BCUT2D eigenvalue weighted by Gasteiger charge is -2.19. The predicted molar refractivity (Wildman–Crippen MR) is 132 cm³/mol. The van der Waals surface area contributed by atoms with Crippen LogP contribution in [0.3, 0.4) is 0 Å². The van der Waals surface area contributed by atoms with Gasteiger partial charge in [-0.3, -0.25) is 14.6 Å². The molecule has 5 heteroatoms. The first kappa shape index (κ1) is 22.0. The molecule has 0 amide bonds. The van der Waals surface area contributed by atoms with Crippen molar-refractivity contribution in [2.45, 2.75) is 38.5 Å². The second kappa shape index (κ2) is 9.96. The molecule has 170 valence electrons. The lowest BCUT2D eigenvalue weighted by molar-refractivity contribution is -0.118. The fraction of sp³-hybridized carbons (Fsp3) is 0.241. The molecule has 2 aliphatic rings. The summed E-state index contributed by atoms with van der Waals surface area (Å²) in [4.78, 5) is 34.0. The average Bonchev–Trinajstić information content (AvgIpc) is 3.28. The Balaban J connectivity index is 1.16. The predicted octanol–water partition coefficient (Wildman–Crippen LogP) is 4.97. The van der Waals surface area contributed by atoms with Gasteiger partial charge >= 0.3 is 0 Å². The molecule has 0 aliphatic heterocycles. The van der Waals surface area contributed by atoms with Gasteiger partial charge in [0, 0.05) is 36.8 Å². The van der Waals surface area contributed by atoms with Crippen molar-refractivity contribution < 1.29 is 9.59 Å². The van der Waals surface area contributed by atoms with Crippen LogP contribution in [-0.2, 0) is 28.9 Å². The zero-order valence-corrected chi connectivity index (χ0v) is 19.1. The topological polar surface area (TPSA) is 64.3 Å². The number of Topliss-reactive ketones (excluding diaryl/α,β-unsaturated/α-hetero) is 1. The van der Waals surface area contributed by atoms with Gasteiger partial charge in [0.15, 0.2) is 11.6 Å². The van der Waals surface area contributed by atoms with E-state index in [0.29, 0.717) is 18.4 Å². The van der Waals surface area contributed by atoms with Crippen LogP contribution in [-0.4, -0.2) is 25.9 Å². The van der Waals surface area contributed by atoms with Crippen LogP contribution in [0.25, 0.3) is 5.65 Å². The Morgan fingerprint density at radius 2 is 1.85 bits per heavy atom. The van der Waals surface area contributed by atoms with Crippen molar-refractivity contribution in [2.24, 2.45) is 5.92 Å². The van der Waals surface area contributed by atoms with Crippen molar-refractivity contribution in [1.82, 2.24) is 14.4 Å². The summed E-state index contributed by atoms with van der Waals surface area (Å²) in [6.45, 7) is 0. The molecule has 1 atom stereocenters. The van der Waals surface area contributed by atoms with E-state index in [4.69, 9.17) is 0 Å². The van der Waals surface area contributed by atoms with E-state index in [1.165, 1.54) is 17.2 Å². The van der Waals surface area contributed by atoms with E-state index in [9.17, 15) is 9.59 Å². The minimum Gasteiger partial charge on any atom is -0.307 e. The third kappa shape index (κ3) is 5.04. The molecular weight excluding hydrogens is 422 g/mol. The number of hydrogen-bond acceptors (Lipinski definition) is 4. The Morgan fingerprint density at radius 1 is 0.971 bits per heavy atom. The lowest BCUT2D eigenvalue weighted by atomic mass is 9.83. The van der Waals surface area contributed by atoms with Gasteiger partial charge in [0.05, 0.1) is 11.6 Å². The molecule has 0 bridgehead atoms. The smallest absolute Gasteiger partial charge is 0.167 e. The van der Waals surface area contributed by atoms with E-state index in [-0.39, 0.29) is 17.5 Å². The zero-order valence-electron chi connectivity index (χ0n) is 19.1. The van der Waals surface area contributed by atoms with Crippen molar-refractivity contribution in [2.75, 3.05) is 0 Å². The molecule has 2 aliphatic carbocycles. The van der Waals surface area contributed by atoms with Crippen LogP contribution in [0.1, 0.15) is 36.1 Å². The van der Waals surface area contributed by atoms with E-state index in [0.717, 1.165) is 42.6 Å². The number of ketones is 2. The molecule has 3 aromatic heterocycles. The standard InChI is InChI=1S/C29H27N3O2/c33-27(24-16-23-9-3-4-10-26(23)28(34)17-24)13-12-25-20-32-19-22(11-14-29(32)31-25)7-2-1-6-21-8-5-15-30-18-21/h3-5,8-11,14-20,26H,1-2,6-7,12-13H2. The van der Waals surface area contributed by atoms with Gasteiger partial charge < -0.3 is 4.40 Å². The van der Waals surface area contributed by atoms with E-state index in [2.05, 4.69) is 28.3 Å². The average molecular weight is 450 g/mol. The van der Waals surface area contributed by atoms with Crippen molar-refractivity contribution >= 4 is 17.2 Å². The summed E-state index contributed by atoms with van der Waals surface area (Å²) in [6.07, 6.45) is 24.0. The summed E-state index contributed by atoms with van der Waals surface area (Å²) < 4.78 is 2.05. The van der Waals surface area contributed by atoms with Crippen LogP contribution in [0.4, 0.5) is 0 Å². The minimum absolute atomic E-state index is 0.0198. The van der Waals surface area contributed by atoms with Gasteiger partial charge in [0.1, 0.15) is 5.65 Å². The monoisotopic (exact) mass is 449 g/mol. The summed E-state index contributed by atoms with van der Waals surface area (Å²) in [5, 5.41) is 0. The first-order valence-corrected chi connectivity index (χ1v) is 11.9. The number of carbonyl (C=O) groups excluding carboxylic acids is 2. The van der Waals surface area contributed by atoms with Crippen LogP contribution < -0.4 is 0 Å². The Morgan fingerprint density at radius 3 is 2.71 bits per heavy atom. The second-order valence-corrected chi connectivity index (χ2v) is 8.89. The summed E-state index contributed by atoms with van der Waals surface area (Å²) in [5.74, 6) is -0.291. The van der Waals surface area contributed by atoms with Crippen molar-refractivity contribution in [3.05, 3.63) is 113 Å². The number of aryl methyl sites for hydroxylation is 3. The highest BCUT2D eigenvalue weighted by atomic mass is 16.1. The van der Waals surface area contributed by atoms with Gasteiger partial charge in [-0.15, -0.1) is 0 Å². The number of nitrogens with zero attached hydrogens (tertiary/aromatic N) is 3. The molecule has 5 rings (SSSR count). The Kier molecular flexibility index (Phi) is 6.43. The molecule has 1 unspecified atom stereocenters. The maximum absolute atomic E-state index is 12.8. The Labute approximate surface area is 199 Å². The molecular formula is C29H27N3O2. The van der Waals surface area contributed by atoms with Gasteiger partial charge in [-0.1, -0.05) is 36.4 Å². The fourth-order valence-electron chi connectivity index (χ4n) is 4.53. The molecule has 3 aromatic rings. The minimum atomic E-state index is -0.246. The van der Waals surface area contributed by atoms with Crippen LogP contribution in [0.15, 0.2) is 96.7 Å². The summed E-state index contributed by atoms with van der Waals surface area (Å²) in [6, 6.07) is 8.28. The van der Waals surface area contributed by atoms with Crippen molar-refractivity contribution in [1.29, 1.82) is 0 Å². The number of imidazole rings is 1. The first-order valence-electron chi connectivity index (χ1n) is 11.9. The molecule has 34 heavy (non-hydrogen) atoms. The number of rotatable bonds is 9. The number of aromatic nitrogens is 3. The van der Waals surface area contributed by atoms with E-state index in [1.807, 2.05) is 59.3 Å². The van der Waals surface area contributed by atoms with E-state index >= 15 is 0 Å². The normalized spacial score (nSPS) is 16.9. The van der Waals surface area contributed by atoms with Crippen molar-refractivity contribution in [3.8, 4) is 0 Å². The molecule has 0 spiro atoms. The van der Waals surface area contributed by atoms with Gasteiger partial charge in [-0.05, 0) is 73.1 Å². The molecule has 0 saturated carbocycles. The number of pyridine rings is 2. The number of allylic oxidation sites excluding steroid dienone is 8. The summed E-state index contributed by atoms with van der Waals surface area (Å²) in [7, 11) is 0. The molecule has 0 fully saturated rings. The molecule has 5 nitrogen and oxygen atoms in total. The summed E-state index contributed by atoms with van der Waals surface area (Å²) >= 11 is 0. The third-order valence-corrected chi connectivity index (χ3v) is 6.38. The SMILES string of the molecule is O=C(CCc1cn2cc(CCCCc3cccnc3)ccc2n1)C1=CC(=O)C2C=CC=CC2=C1. The van der Waals surface area contributed by atoms with Gasteiger partial charge in [0.2, 0.25) is 0 Å². The second-order valence-electron chi connectivity index (χ2n) is 8.89. The number of carbonyl (C=O) groups is 2. The van der Waals surface area contributed by atoms with Gasteiger partial charge in [-0.25, -0.2) is 4.98 Å². The Bertz CT molecular complexity index is 1340. The van der Waals surface area contributed by atoms with Crippen LogP contribution in [0, 0.1) is 5.92 Å². The van der Waals surface area contributed by atoms with Gasteiger partial charge in [0.25, 0.3) is 0 Å². The summed E-state index contributed by atoms with van der Waals surface area (Å²) in [5.41, 5.74) is 5.71. The fourth-order valence-corrected chi connectivity index (χ4v) is 4.53. The molecule has 0 saturated heterocycles. The van der Waals surface area contributed by atoms with E-state index < -0.39 is 0 Å². The lowest BCUT2D eigenvalue weighted by Crippen LogP contribution is -2.19. The van der Waals surface area contributed by atoms with E-state index in [1.54, 1.807) is 6.20 Å². The maximum Gasteiger partial charge on any atom is 0.167 e. The number of fused-ring (bicyclic) bond motifs is 2. The highest BCUT2D eigenvalue weighted by Gasteiger charge is 2.25. The van der Waals surface area contributed by atoms with Crippen LogP contribution >= 0.6 is 0 Å². The number of hydrogen-bond donors (Lipinski definition) is 0. The largest absolute Gasteiger partial charge is 0.307 e. The Hall–Kier alpha value is -3.86. The highest BCUT2D eigenvalue weighted by molar-refractivity contribution is 6.09. The number of unbranched alkanes of at least 4 members (excludes halogenated alkanes) is 1. The molecule has 3 heterocycles. The molecule has 0 aromatic carbocycles. The maximum atomic E-state index is 12.8. The van der Waals surface area contributed by atoms with Crippen molar-refractivity contribution in [3.63, 3.8) is 0 Å². The van der Waals surface area contributed by atoms with Crippen LogP contribution in [0.5, 0.6) is 0 Å². The molecule has 0 N–H and O–H groups in total. The molecule has 0 radical (unpaired) electrons. The third-order valence-electron chi connectivity index (χ3n) is 6.38. The van der Waals surface area contributed by atoms with Gasteiger partial charge in [-0.2, -0.15) is 0 Å². The highest BCUT2D eigenvalue weighted by Crippen LogP contribution is 2.27.